The lowest BCUT2D eigenvalue weighted by atomic mass is 9.97. The molecule has 10 aromatic rings. The third-order valence-corrected chi connectivity index (χ3v) is 12.6. The summed E-state index contributed by atoms with van der Waals surface area (Å²) < 4.78 is 0. The van der Waals surface area contributed by atoms with Crippen LogP contribution in [0.3, 0.4) is 0 Å². The van der Waals surface area contributed by atoms with Gasteiger partial charge in [-0.25, -0.2) is 0 Å². The monoisotopic (exact) mass is 758 g/mol. The number of nitrogens with zero attached hydrogens (tertiary/aromatic N) is 4. The van der Waals surface area contributed by atoms with Gasteiger partial charge in [-0.2, -0.15) is 0 Å². The molecule has 0 saturated carbocycles. The molecule has 268 valence electrons. The molecule has 0 saturated heterocycles. The van der Waals surface area contributed by atoms with E-state index in [0.29, 0.717) is 22.4 Å². The Morgan fingerprint density at radius 3 is 0.964 bits per heavy atom. The highest BCUT2D eigenvalue weighted by atomic mass is 32.1. The fourth-order valence-electron chi connectivity index (χ4n) is 7.62. The lowest BCUT2D eigenvalue weighted by molar-refractivity contribution is 1.30. The number of fused-ring (bicyclic) bond motifs is 3. The van der Waals surface area contributed by atoms with E-state index in [0.717, 1.165) is 75.2 Å². The van der Waals surface area contributed by atoms with Gasteiger partial charge in [-0.05, 0) is 48.5 Å². The number of nitrogen functional groups attached to an aromatic ring is 2. The van der Waals surface area contributed by atoms with Crippen molar-refractivity contribution in [2.24, 2.45) is 0 Å². The van der Waals surface area contributed by atoms with Crippen LogP contribution in [0.4, 0.5) is 44.1 Å². The second-order valence-electron chi connectivity index (χ2n) is 13.4. The van der Waals surface area contributed by atoms with Crippen LogP contribution in [0.15, 0.2) is 182 Å². The molecule has 0 atom stereocenters. The van der Waals surface area contributed by atoms with Gasteiger partial charge < -0.3 is 21.3 Å². The summed E-state index contributed by atoms with van der Waals surface area (Å²) >= 11 is 3.37. The Labute approximate surface area is 332 Å². The topological polar surface area (TPSA) is 84.3 Å². The van der Waals surface area contributed by atoms with Gasteiger partial charge in [0.25, 0.3) is 0 Å². The molecule has 10 rings (SSSR count). The van der Waals surface area contributed by atoms with Crippen LogP contribution in [0.25, 0.3) is 53.5 Å². The zero-order valence-electron chi connectivity index (χ0n) is 30.1. The number of nitrogens with two attached hydrogens (primary N) is 2. The summed E-state index contributed by atoms with van der Waals surface area (Å²) in [6.45, 7) is 0. The fourth-order valence-corrected chi connectivity index (χ4v) is 10.4. The van der Waals surface area contributed by atoms with Gasteiger partial charge in [0.15, 0.2) is 0 Å². The number of benzene rings is 7. The maximum atomic E-state index is 7.30. The Morgan fingerprint density at radius 2 is 0.643 bits per heavy atom. The van der Waals surface area contributed by atoms with Crippen LogP contribution >= 0.6 is 22.7 Å². The first kappa shape index (κ1) is 33.6. The van der Waals surface area contributed by atoms with E-state index < -0.39 is 0 Å². The molecule has 0 spiro atoms. The number of rotatable bonds is 8. The minimum Gasteiger partial charge on any atom is -0.396 e. The van der Waals surface area contributed by atoms with Crippen LogP contribution in [-0.2, 0) is 0 Å². The molecular formula is C48H34N6S2. The maximum Gasteiger partial charge on any atom is 0.109 e. The molecule has 0 bridgehead atoms. The van der Waals surface area contributed by atoms with E-state index in [9.17, 15) is 0 Å². The van der Waals surface area contributed by atoms with Crippen molar-refractivity contribution >= 4 is 99.4 Å². The molecular weight excluding hydrogens is 725 g/mol. The number of para-hydroxylation sites is 4. The first-order chi connectivity index (χ1) is 27.7. The highest BCUT2D eigenvalue weighted by molar-refractivity contribution is 7.22. The Morgan fingerprint density at radius 1 is 0.357 bits per heavy atom. The molecule has 0 aliphatic carbocycles. The highest BCUT2D eigenvalue weighted by Gasteiger charge is 2.29. The summed E-state index contributed by atoms with van der Waals surface area (Å²) in [5.74, 6) is 0. The van der Waals surface area contributed by atoms with Crippen molar-refractivity contribution in [3.05, 3.63) is 182 Å². The minimum atomic E-state index is 0.486. The Hall–Kier alpha value is -7.00. The van der Waals surface area contributed by atoms with Gasteiger partial charge in [-0.15, -0.1) is 22.7 Å². The molecule has 0 aliphatic rings. The van der Waals surface area contributed by atoms with Crippen LogP contribution in [-0.4, -0.2) is 9.97 Å². The SMILES string of the molecule is Nc1c(N)c(-c2sc(N(c3ccccc3)c3ccccc3)c3ccccc23)c2nccnc2c1-c1sc(N(c2ccccc2)c2ccccc2)c2ccccc12. The van der Waals surface area contributed by atoms with E-state index >= 15 is 0 Å². The first-order valence-electron chi connectivity index (χ1n) is 18.3. The molecule has 3 heterocycles. The summed E-state index contributed by atoms with van der Waals surface area (Å²) in [7, 11) is 0. The molecule has 4 N–H and O–H groups in total. The van der Waals surface area contributed by atoms with E-state index in [1.54, 1.807) is 35.1 Å². The Kier molecular flexibility index (Phi) is 8.40. The third-order valence-electron chi connectivity index (χ3n) is 10.1. The summed E-state index contributed by atoms with van der Waals surface area (Å²) in [5, 5.41) is 6.50. The standard InChI is InChI=1S/C48H34N6S2/c49-41-39(45-35-25-13-15-27-37(35)47(55-45)53(31-17-5-1-6-18-31)32-19-7-2-8-20-32)43-44(52-30-29-51-43)40(42(41)50)46-36-26-14-16-28-38(36)48(56-46)54(33-21-9-3-10-22-33)34-23-11-4-12-24-34/h1-30H,49-50H2. The molecule has 7 aromatic carbocycles. The van der Waals surface area contributed by atoms with Gasteiger partial charge in [0, 0.05) is 77.6 Å². The fraction of sp³-hybridized carbons (Fsp3) is 0. The lowest BCUT2D eigenvalue weighted by Gasteiger charge is -2.24. The van der Waals surface area contributed by atoms with Gasteiger partial charge in [0.1, 0.15) is 21.0 Å². The predicted molar refractivity (Wildman–Crippen MR) is 239 cm³/mol. The van der Waals surface area contributed by atoms with E-state index in [-0.39, 0.29) is 0 Å². The molecule has 0 radical (unpaired) electrons. The largest absolute Gasteiger partial charge is 0.396 e. The lowest BCUT2D eigenvalue weighted by Crippen LogP contribution is -2.08. The van der Waals surface area contributed by atoms with Gasteiger partial charge in [0.2, 0.25) is 0 Å². The molecule has 6 nitrogen and oxygen atoms in total. The number of aromatic nitrogens is 2. The average Bonchev–Trinajstić information content (AvgIpc) is 3.82. The normalized spacial score (nSPS) is 11.4. The molecule has 0 fully saturated rings. The molecule has 3 aromatic heterocycles. The van der Waals surface area contributed by atoms with Gasteiger partial charge in [0.05, 0.1) is 11.4 Å². The van der Waals surface area contributed by atoms with E-state index in [1.807, 2.05) is 24.3 Å². The van der Waals surface area contributed by atoms with Gasteiger partial charge in [-0.3, -0.25) is 9.97 Å². The van der Waals surface area contributed by atoms with Crippen molar-refractivity contribution in [3.63, 3.8) is 0 Å². The number of hydrogen-bond acceptors (Lipinski definition) is 8. The number of anilines is 8. The van der Waals surface area contributed by atoms with Crippen LogP contribution in [0.5, 0.6) is 0 Å². The quantitative estimate of drug-likeness (QED) is 0.150. The van der Waals surface area contributed by atoms with Crippen molar-refractivity contribution in [2.75, 3.05) is 21.3 Å². The molecule has 0 aliphatic heterocycles. The third kappa shape index (κ3) is 5.54. The second kappa shape index (κ2) is 14.0. The number of hydrogen-bond donors (Lipinski definition) is 2. The molecule has 56 heavy (non-hydrogen) atoms. The van der Waals surface area contributed by atoms with Gasteiger partial charge >= 0.3 is 0 Å². The van der Waals surface area contributed by atoms with E-state index in [4.69, 9.17) is 21.4 Å². The minimum absolute atomic E-state index is 0.486. The molecule has 0 unspecified atom stereocenters. The van der Waals surface area contributed by atoms with E-state index in [2.05, 4.69) is 155 Å². The van der Waals surface area contributed by atoms with Crippen molar-refractivity contribution in [3.8, 4) is 20.9 Å². The van der Waals surface area contributed by atoms with Crippen molar-refractivity contribution < 1.29 is 0 Å². The highest BCUT2D eigenvalue weighted by Crippen LogP contribution is 2.56. The van der Waals surface area contributed by atoms with E-state index in [1.165, 1.54) is 0 Å². The number of thiophene rings is 2. The van der Waals surface area contributed by atoms with Crippen molar-refractivity contribution in [2.45, 2.75) is 0 Å². The van der Waals surface area contributed by atoms with Crippen molar-refractivity contribution in [1.29, 1.82) is 0 Å². The predicted octanol–water partition coefficient (Wildman–Crippen LogP) is 13.5. The average molecular weight is 759 g/mol. The summed E-state index contributed by atoms with van der Waals surface area (Å²) in [6, 6.07) is 58.8. The second-order valence-corrected chi connectivity index (χ2v) is 15.4. The zero-order valence-corrected chi connectivity index (χ0v) is 31.7. The Bertz CT molecular complexity index is 2720. The summed E-state index contributed by atoms with van der Waals surface area (Å²) in [6.07, 6.45) is 3.49. The molecule has 0 amide bonds. The van der Waals surface area contributed by atoms with Gasteiger partial charge in [-0.1, -0.05) is 121 Å². The summed E-state index contributed by atoms with van der Waals surface area (Å²) in [5.41, 5.74) is 22.8. The van der Waals surface area contributed by atoms with Crippen LogP contribution in [0, 0.1) is 0 Å². The van der Waals surface area contributed by atoms with Crippen LogP contribution in [0.2, 0.25) is 0 Å². The first-order valence-corrected chi connectivity index (χ1v) is 20.0. The smallest absolute Gasteiger partial charge is 0.109 e. The zero-order chi connectivity index (χ0) is 37.6. The Balaban J connectivity index is 1.22. The van der Waals surface area contributed by atoms with Crippen molar-refractivity contribution in [1.82, 2.24) is 9.97 Å². The maximum absolute atomic E-state index is 7.30. The van der Waals surface area contributed by atoms with Crippen LogP contribution in [0.1, 0.15) is 0 Å². The van der Waals surface area contributed by atoms with Crippen LogP contribution < -0.4 is 21.3 Å². The molecule has 8 heteroatoms. The summed E-state index contributed by atoms with van der Waals surface area (Å²) in [4.78, 5) is 16.7.